The van der Waals surface area contributed by atoms with Crippen molar-refractivity contribution in [3.63, 3.8) is 0 Å². The molecule has 1 N–H and O–H groups in total. The summed E-state index contributed by atoms with van der Waals surface area (Å²) >= 11 is 0. The summed E-state index contributed by atoms with van der Waals surface area (Å²) < 4.78 is 0. The molecule has 3 heterocycles. The van der Waals surface area contributed by atoms with Gasteiger partial charge in [0.25, 0.3) is 0 Å². The van der Waals surface area contributed by atoms with Crippen LogP contribution in [0.25, 0.3) is 11.0 Å². The molecule has 2 aliphatic rings. The molecule has 1 aromatic heterocycles. The average Bonchev–Trinajstić information content (AvgIpc) is 3.00. The molecule has 2 saturated heterocycles. The molecule has 0 spiro atoms. The summed E-state index contributed by atoms with van der Waals surface area (Å²) in [4.78, 5) is 11.8. The van der Waals surface area contributed by atoms with Crippen LogP contribution in [-0.4, -0.2) is 40.0 Å². The Balaban J connectivity index is 1.39. The topological polar surface area (TPSA) is 41.1 Å². The molecule has 4 heteroatoms. The Morgan fingerprint density at radius 2 is 2.05 bits per heavy atom. The summed E-state index contributed by atoms with van der Waals surface area (Å²) in [5, 5.41) is 3.69. The lowest BCUT2D eigenvalue weighted by Gasteiger charge is -2.35. The van der Waals surface area contributed by atoms with Crippen molar-refractivity contribution < 1.29 is 0 Å². The second-order valence-electron chi connectivity index (χ2n) is 6.28. The van der Waals surface area contributed by atoms with Crippen molar-refractivity contribution in [3.05, 3.63) is 36.2 Å². The monoisotopic (exact) mass is 282 g/mol. The molecular formula is C17H22N4. The molecule has 110 valence electrons. The fourth-order valence-corrected chi connectivity index (χ4v) is 3.74. The molecule has 1 aromatic carbocycles. The molecule has 4 rings (SSSR count). The molecule has 2 fully saturated rings. The molecule has 0 amide bonds. The van der Waals surface area contributed by atoms with E-state index in [0.717, 1.165) is 29.3 Å². The first-order valence-corrected chi connectivity index (χ1v) is 8.06. The number of hydrogen-bond acceptors (Lipinski definition) is 4. The van der Waals surface area contributed by atoms with Gasteiger partial charge in [0.05, 0.1) is 22.9 Å². The van der Waals surface area contributed by atoms with E-state index in [1.807, 2.05) is 30.5 Å². The van der Waals surface area contributed by atoms with E-state index in [0.29, 0.717) is 6.04 Å². The lowest BCUT2D eigenvalue weighted by molar-refractivity contribution is 0.166. The molecule has 0 aliphatic carbocycles. The van der Waals surface area contributed by atoms with Gasteiger partial charge in [0.1, 0.15) is 0 Å². The molecule has 21 heavy (non-hydrogen) atoms. The van der Waals surface area contributed by atoms with Gasteiger partial charge in [-0.15, -0.1) is 0 Å². The number of hydrogen-bond donors (Lipinski definition) is 1. The van der Waals surface area contributed by atoms with Crippen molar-refractivity contribution in [2.75, 3.05) is 13.1 Å². The summed E-state index contributed by atoms with van der Waals surface area (Å²) in [6.07, 6.45) is 7.22. The number of nitrogens with one attached hydrogen (secondary N) is 1. The first-order valence-electron chi connectivity index (χ1n) is 8.06. The summed E-state index contributed by atoms with van der Waals surface area (Å²) in [5.41, 5.74) is 3.01. The second-order valence-corrected chi connectivity index (χ2v) is 6.28. The van der Waals surface area contributed by atoms with Gasteiger partial charge in [-0.1, -0.05) is 12.1 Å². The zero-order chi connectivity index (χ0) is 14.1. The van der Waals surface area contributed by atoms with E-state index in [1.54, 1.807) is 0 Å². The molecule has 0 bridgehead atoms. The second kappa shape index (κ2) is 5.70. The van der Waals surface area contributed by atoms with E-state index >= 15 is 0 Å². The summed E-state index contributed by atoms with van der Waals surface area (Å²) in [7, 11) is 0. The minimum absolute atomic E-state index is 0.637. The van der Waals surface area contributed by atoms with Crippen molar-refractivity contribution >= 4 is 11.0 Å². The van der Waals surface area contributed by atoms with Crippen LogP contribution in [0.5, 0.6) is 0 Å². The molecule has 0 saturated carbocycles. The van der Waals surface area contributed by atoms with Crippen molar-refractivity contribution in [1.82, 2.24) is 20.2 Å². The Hall–Kier alpha value is -1.52. The Morgan fingerprint density at radius 1 is 1.14 bits per heavy atom. The third kappa shape index (κ3) is 2.78. The van der Waals surface area contributed by atoms with Gasteiger partial charge >= 0.3 is 0 Å². The summed E-state index contributed by atoms with van der Waals surface area (Å²) in [6, 6.07) is 9.52. The average molecular weight is 282 g/mol. The van der Waals surface area contributed by atoms with Gasteiger partial charge in [0.15, 0.2) is 0 Å². The van der Waals surface area contributed by atoms with Gasteiger partial charge < -0.3 is 10.2 Å². The standard InChI is InChI=1S/C17H22N4/c1-2-6-17-16(5-1)19-12-14(20-17)11-18-13-7-9-21-8-3-4-15(21)10-13/h1-2,5-6,12-13,15,18H,3-4,7-11H2. The molecule has 2 atom stereocenters. The molecule has 2 aromatic rings. The fraction of sp³-hybridized carbons (Fsp3) is 0.529. The third-order valence-corrected chi connectivity index (χ3v) is 4.89. The Labute approximate surface area is 125 Å². The van der Waals surface area contributed by atoms with Crippen LogP contribution in [-0.2, 0) is 6.54 Å². The van der Waals surface area contributed by atoms with Crippen molar-refractivity contribution in [2.45, 2.75) is 44.3 Å². The Bertz CT molecular complexity index is 627. The molecule has 0 radical (unpaired) electrons. The van der Waals surface area contributed by atoms with Crippen molar-refractivity contribution in [3.8, 4) is 0 Å². The van der Waals surface area contributed by atoms with Gasteiger partial charge in [-0.05, 0) is 50.9 Å². The van der Waals surface area contributed by atoms with Crippen LogP contribution in [0.3, 0.4) is 0 Å². The lowest BCUT2D eigenvalue weighted by atomic mass is 9.97. The Kier molecular flexibility index (Phi) is 3.57. The minimum atomic E-state index is 0.637. The highest BCUT2D eigenvalue weighted by Gasteiger charge is 2.31. The highest BCUT2D eigenvalue weighted by molar-refractivity contribution is 5.73. The zero-order valence-electron chi connectivity index (χ0n) is 12.3. The van der Waals surface area contributed by atoms with E-state index in [9.17, 15) is 0 Å². The first-order chi connectivity index (χ1) is 10.4. The number of rotatable bonds is 3. The van der Waals surface area contributed by atoms with Crippen LogP contribution in [0.4, 0.5) is 0 Å². The van der Waals surface area contributed by atoms with Gasteiger partial charge in [-0.2, -0.15) is 0 Å². The third-order valence-electron chi connectivity index (χ3n) is 4.89. The van der Waals surface area contributed by atoms with E-state index < -0.39 is 0 Å². The van der Waals surface area contributed by atoms with Crippen LogP contribution < -0.4 is 5.32 Å². The largest absolute Gasteiger partial charge is 0.308 e. The fourth-order valence-electron chi connectivity index (χ4n) is 3.74. The van der Waals surface area contributed by atoms with Crippen molar-refractivity contribution in [1.29, 1.82) is 0 Å². The van der Waals surface area contributed by atoms with Gasteiger partial charge in [0, 0.05) is 18.6 Å². The van der Waals surface area contributed by atoms with Crippen LogP contribution in [0.15, 0.2) is 30.5 Å². The molecular weight excluding hydrogens is 260 g/mol. The maximum Gasteiger partial charge on any atom is 0.0890 e. The SMILES string of the molecule is c1ccc2nc(CNC3CCN4CCCC4C3)cnc2c1. The van der Waals surface area contributed by atoms with Crippen LogP contribution >= 0.6 is 0 Å². The van der Waals surface area contributed by atoms with Crippen molar-refractivity contribution in [2.24, 2.45) is 0 Å². The minimum Gasteiger partial charge on any atom is -0.308 e. The number of piperidine rings is 1. The van der Waals surface area contributed by atoms with Crippen LogP contribution in [0, 0.1) is 0 Å². The van der Waals surface area contributed by atoms with Gasteiger partial charge in [0.2, 0.25) is 0 Å². The molecule has 2 aliphatic heterocycles. The smallest absolute Gasteiger partial charge is 0.0890 e. The number of aromatic nitrogens is 2. The van der Waals surface area contributed by atoms with Gasteiger partial charge in [-0.25, -0.2) is 4.98 Å². The molecule has 2 unspecified atom stereocenters. The van der Waals surface area contributed by atoms with Crippen LogP contribution in [0.2, 0.25) is 0 Å². The summed E-state index contributed by atoms with van der Waals surface area (Å²) in [5.74, 6) is 0. The highest BCUT2D eigenvalue weighted by Crippen LogP contribution is 2.26. The lowest BCUT2D eigenvalue weighted by Crippen LogP contribution is -2.45. The predicted octanol–water partition coefficient (Wildman–Crippen LogP) is 2.35. The maximum atomic E-state index is 4.69. The van der Waals surface area contributed by atoms with Crippen LogP contribution in [0.1, 0.15) is 31.4 Å². The van der Waals surface area contributed by atoms with E-state index in [2.05, 4.69) is 15.2 Å². The van der Waals surface area contributed by atoms with E-state index in [4.69, 9.17) is 4.98 Å². The van der Waals surface area contributed by atoms with E-state index in [1.165, 1.54) is 38.8 Å². The molecule has 4 nitrogen and oxygen atoms in total. The zero-order valence-corrected chi connectivity index (χ0v) is 12.3. The first kappa shape index (κ1) is 13.2. The number of benzene rings is 1. The maximum absolute atomic E-state index is 4.69. The summed E-state index contributed by atoms with van der Waals surface area (Å²) in [6.45, 7) is 3.40. The number of nitrogens with zero attached hydrogens (tertiary/aromatic N) is 3. The quantitative estimate of drug-likeness (QED) is 0.938. The normalized spacial score (nSPS) is 26.1. The highest BCUT2D eigenvalue weighted by atomic mass is 15.2. The number of para-hydroxylation sites is 2. The van der Waals surface area contributed by atoms with E-state index in [-0.39, 0.29) is 0 Å². The van der Waals surface area contributed by atoms with Gasteiger partial charge in [-0.3, -0.25) is 4.98 Å². The Morgan fingerprint density at radius 3 is 3.00 bits per heavy atom. The number of fused-ring (bicyclic) bond motifs is 2. The predicted molar refractivity (Wildman–Crippen MR) is 84.0 cm³/mol.